The van der Waals surface area contributed by atoms with Crippen LogP contribution < -0.4 is 0 Å². The van der Waals surface area contributed by atoms with E-state index in [2.05, 4.69) is 37.3 Å². The molecule has 1 saturated carbocycles. The van der Waals surface area contributed by atoms with E-state index in [1.54, 1.807) is 0 Å². The molecule has 0 N–H and O–H groups in total. The lowest BCUT2D eigenvalue weighted by atomic mass is 9.95. The first kappa shape index (κ1) is 11.5. The lowest BCUT2D eigenvalue weighted by Crippen LogP contribution is -2.11. The molecule has 18 heavy (non-hydrogen) atoms. The lowest BCUT2D eigenvalue weighted by Gasteiger charge is -2.11. The molecule has 1 aliphatic carbocycles. The van der Waals surface area contributed by atoms with Gasteiger partial charge in [-0.15, -0.1) is 0 Å². The van der Waals surface area contributed by atoms with Crippen LogP contribution >= 0.6 is 0 Å². The Morgan fingerprint density at radius 3 is 2.56 bits per heavy atom. The number of hydrogen-bond donors (Lipinski definition) is 0. The molecule has 0 radical (unpaired) electrons. The van der Waals surface area contributed by atoms with E-state index in [-0.39, 0.29) is 5.41 Å². The summed E-state index contributed by atoms with van der Waals surface area (Å²) in [5.74, 6) is 2.05. The first-order valence-corrected chi connectivity index (χ1v) is 6.74. The summed E-state index contributed by atoms with van der Waals surface area (Å²) in [7, 11) is 0. The van der Waals surface area contributed by atoms with Crippen LogP contribution in [-0.4, -0.2) is 14.8 Å². The summed E-state index contributed by atoms with van der Waals surface area (Å²) >= 11 is 0. The second kappa shape index (κ2) is 4.23. The van der Waals surface area contributed by atoms with Crippen LogP contribution in [0.5, 0.6) is 0 Å². The molecule has 0 bridgehead atoms. The Balaban J connectivity index is 1.98. The largest absolute Gasteiger partial charge is 0.250 e. The van der Waals surface area contributed by atoms with Crippen molar-refractivity contribution < 1.29 is 0 Å². The molecular weight excluding hydrogens is 222 g/mol. The van der Waals surface area contributed by atoms with Gasteiger partial charge in [0.15, 0.2) is 5.82 Å². The van der Waals surface area contributed by atoms with E-state index < -0.39 is 0 Å². The zero-order chi connectivity index (χ0) is 12.6. The normalized spacial score (nSPS) is 16.8. The van der Waals surface area contributed by atoms with E-state index in [4.69, 9.17) is 10.1 Å². The Morgan fingerprint density at radius 1 is 1.22 bits per heavy atom. The number of hydrogen-bond acceptors (Lipinski definition) is 2. The maximum Gasteiger partial charge on any atom is 0.161 e. The van der Waals surface area contributed by atoms with Gasteiger partial charge in [0.25, 0.3) is 0 Å². The average Bonchev–Trinajstić information content (AvgIpc) is 3.13. The fourth-order valence-corrected chi connectivity index (χ4v) is 2.57. The van der Waals surface area contributed by atoms with Crippen LogP contribution in [0.4, 0.5) is 0 Å². The van der Waals surface area contributed by atoms with Crippen molar-refractivity contribution in [1.82, 2.24) is 14.8 Å². The van der Waals surface area contributed by atoms with Crippen molar-refractivity contribution >= 4 is 0 Å². The Morgan fingerprint density at radius 2 is 1.94 bits per heavy atom. The summed E-state index contributed by atoms with van der Waals surface area (Å²) in [6.07, 6.45) is 3.45. The Hall–Kier alpha value is -1.64. The van der Waals surface area contributed by atoms with Crippen molar-refractivity contribution in [2.75, 3.05) is 0 Å². The third-order valence-corrected chi connectivity index (χ3v) is 3.80. The zero-order valence-corrected chi connectivity index (χ0v) is 11.1. The van der Waals surface area contributed by atoms with Crippen LogP contribution in [0.15, 0.2) is 30.3 Å². The van der Waals surface area contributed by atoms with Gasteiger partial charge >= 0.3 is 0 Å². The summed E-state index contributed by atoms with van der Waals surface area (Å²) in [4.78, 5) is 4.69. The van der Waals surface area contributed by atoms with Gasteiger partial charge in [0.05, 0.1) is 5.41 Å². The molecule has 0 atom stereocenters. The minimum Gasteiger partial charge on any atom is -0.250 e. The number of rotatable bonds is 4. The molecule has 3 rings (SSSR count). The fourth-order valence-electron chi connectivity index (χ4n) is 2.57. The van der Waals surface area contributed by atoms with E-state index in [0.717, 1.165) is 24.6 Å². The third kappa shape index (κ3) is 1.74. The molecule has 0 aliphatic heterocycles. The van der Waals surface area contributed by atoms with Crippen molar-refractivity contribution in [2.24, 2.45) is 0 Å². The monoisotopic (exact) mass is 241 g/mol. The molecule has 3 heteroatoms. The standard InChI is InChI=1S/C15H19N3/c1-3-11-18-12(2)16-14(17-18)15(9-10-15)13-7-5-4-6-8-13/h4-8H,3,9-11H2,1-2H3. The Bertz CT molecular complexity index is 538. The molecule has 2 aromatic rings. The maximum atomic E-state index is 4.72. The highest BCUT2D eigenvalue weighted by molar-refractivity contribution is 5.38. The predicted octanol–water partition coefficient (Wildman–Crippen LogP) is 3.08. The molecule has 0 unspecified atom stereocenters. The quantitative estimate of drug-likeness (QED) is 0.823. The lowest BCUT2D eigenvalue weighted by molar-refractivity contribution is 0.572. The SMILES string of the molecule is CCCn1nc(C2(c3ccccc3)CC2)nc1C. The van der Waals surface area contributed by atoms with Crippen LogP contribution in [-0.2, 0) is 12.0 Å². The van der Waals surface area contributed by atoms with Crippen LogP contribution in [0.1, 0.15) is 43.4 Å². The minimum atomic E-state index is 0.102. The molecule has 94 valence electrons. The van der Waals surface area contributed by atoms with Gasteiger partial charge in [-0.2, -0.15) is 5.10 Å². The molecule has 0 saturated heterocycles. The van der Waals surface area contributed by atoms with Crippen LogP contribution in [0.25, 0.3) is 0 Å². The average molecular weight is 241 g/mol. The second-order valence-electron chi connectivity index (χ2n) is 5.15. The predicted molar refractivity (Wildman–Crippen MR) is 71.5 cm³/mol. The van der Waals surface area contributed by atoms with Gasteiger partial charge in [-0.1, -0.05) is 37.3 Å². The first-order valence-electron chi connectivity index (χ1n) is 6.74. The first-order chi connectivity index (χ1) is 8.76. The van der Waals surface area contributed by atoms with Gasteiger partial charge < -0.3 is 0 Å². The van der Waals surface area contributed by atoms with Crippen molar-refractivity contribution in [3.05, 3.63) is 47.5 Å². The molecule has 1 aromatic carbocycles. The summed E-state index contributed by atoms with van der Waals surface area (Å²) in [6.45, 7) is 5.18. The maximum absolute atomic E-state index is 4.72. The highest BCUT2D eigenvalue weighted by atomic mass is 15.3. The van der Waals surface area contributed by atoms with Gasteiger partial charge in [0, 0.05) is 6.54 Å². The van der Waals surface area contributed by atoms with Crippen molar-refractivity contribution in [3.8, 4) is 0 Å². The fraction of sp³-hybridized carbons (Fsp3) is 0.467. The van der Waals surface area contributed by atoms with Gasteiger partial charge in [0.2, 0.25) is 0 Å². The van der Waals surface area contributed by atoms with Crippen molar-refractivity contribution in [3.63, 3.8) is 0 Å². The van der Waals surface area contributed by atoms with Crippen molar-refractivity contribution in [2.45, 2.75) is 45.1 Å². The molecule has 3 nitrogen and oxygen atoms in total. The molecule has 1 aromatic heterocycles. The summed E-state index contributed by atoms with van der Waals surface area (Å²) in [6, 6.07) is 10.7. The molecule has 1 heterocycles. The highest BCUT2D eigenvalue weighted by Crippen LogP contribution is 2.52. The molecular formula is C15H19N3. The van der Waals surface area contributed by atoms with Crippen molar-refractivity contribution in [1.29, 1.82) is 0 Å². The van der Waals surface area contributed by atoms with Crippen LogP contribution in [0.3, 0.4) is 0 Å². The Kier molecular flexibility index (Phi) is 2.69. The number of benzene rings is 1. The molecule has 0 amide bonds. The van der Waals surface area contributed by atoms with E-state index in [1.807, 2.05) is 11.6 Å². The van der Waals surface area contributed by atoms with Gasteiger partial charge in [-0.05, 0) is 31.7 Å². The van der Waals surface area contributed by atoms with Gasteiger partial charge in [-0.25, -0.2) is 4.98 Å². The number of aromatic nitrogens is 3. The zero-order valence-electron chi connectivity index (χ0n) is 11.1. The van der Waals surface area contributed by atoms with E-state index in [9.17, 15) is 0 Å². The summed E-state index contributed by atoms with van der Waals surface area (Å²) in [5.41, 5.74) is 1.46. The summed E-state index contributed by atoms with van der Waals surface area (Å²) in [5, 5.41) is 4.72. The van der Waals surface area contributed by atoms with E-state index >= 15 is 0 Å². The topological polar surface area (TPSA) is 30.7 Å². The van der Waals surface area contributed by atoms with E-state index in [0.29, 0.717) is 0 Å². The number of aryl methyl sites for hydroxylation is 2. The van der Waals surface area contributed by atoms with Crippen LogP contribution in [0, 0.1) is 6.92 Å². The van der Waals surface area contributed by atoms with Gasteiger partial charge in [0.1, 0.15) is 5.82 Å². The smallest absolute Gasteiger partial charge is 0.161 e. The Labute approximate surface area is 108 Å². The van der Waals surface area contributed by atoms with E-state index in [1.165, 1.54) is 18.4 Å². The number of nitrogens with zero attached hydrogens (tertiary/aromatic N) is 3. The summed E-state index contributed by atoms with van der Waals surface area (Å²) < 4.78 is 2.04. The minimum absolute atomic E-state index is 0.102. The molecule has 1 aliphatic rings. The van der Waals surface area contributed by atoms with Crippen LogP contribution in [0.2, 0.25) is 0 Å². The second-order valence-corrected chi connectivity index (χ2v) is 5.15. The third-order valence-electron chi connectivity index (χ3n) is 3.80. The molecule has 1 fully saturated rings. The highest BCUT2D eigenvalue weighted by Gasteiger charge is 2.49. The molecule has 0 spiro atoms. The van der Waals surface area contributed by atoms with Gasteiger partial charge in [-0.3, -0.25) is 4.68 Å².